The second-order valence-corrected chi connectivity index (χ2v) is 4.83. The van der Waals surface area contributed by atoms with E-state index >= 15 is 0 Å². The highest BCUT2D eigenvalue weighted by atomic mass is 32.2. The number of pyridine rings is 1. The predicted octanol–water partition coefficient (Wildman–Crippen LogP) is 2.53. The molecule has 2 rings (SSSR count). The van der Waals surface area contributed by atoms with Gasteiger partial charge in [0.15, 0.2) is 5.16 Å². The Hall–Kier alpha value is -1.62. The molecule has 0 aliphatic rings. The van der Waals surface area contributed by atoms with Crippen molar-refractivity contribution in [3.63, 3.8) is 0 Å². The molecule has 17 heavy (non-hydrogen) atoms. The van der Waals surface area contributed by atoms with Gasteiger partial charge in [-0.1, -0.05) is 0 Å². The van der Waals surface area contributed by atoms with Gasteiger partial charge in [0.25, 0.3) is 0 Å². The van der Waals surface area contributed by atoms with Crippen LogP contribution in [0.15, 0.2) is 28.5 Å². The molecule has 0 fully saturated rings. The van der Waals surface area contributed by atoms with Crippen LogP contribution in [0, 0.1) is 20.8 Å². The van der Waals surface area contributed by atoms with E-state index in [1.807, 2.05) is 26.8 Å². The van der Waals surface area contributed by atoms with Crippen LogP contribution in [0.2, 0.25) is 0 Å². The number of nitrogens with two attached hydrogens (primary N) is 1. The second-order valence-electron chi connectivity index (χ2n) is 3.82. The average molecular weight is 246 g/mol. The van der Waals surface area contributed by atoms with E-state index in [1.165, 1.54) is 11.8 Å². The highest BCUT2D eigenvalue weighted by molar-refractivity contribution is 7.99. The van der Waals surface area contributed by atoms with Gasteiger partial charge in [0.1, 0.15) is 0 Å². The van der Waals surface area contributed by atoms with Crippen LogP contribution in [-0.2, 0) is 0 Å². The maximum Gasteiger partial charge on any atom is 0.192 e. The number of hydrogen-bond acceptors (Lipinski definition) is 5. The maximum absolute atomic E-state index is 5.84. The fourth-order valence-corrected chi connectivity index (χ4v) is 2.23. The Kier molecular flexibility index (Phi) is 3.28. The summed E-state index contributed by atoms with van der Waals surface area (Å²) in [6.45, 7) is 6.01. The van der Waals surface area contributed by atoms with Gasteiger partial charge in [0, 0.05) is 22.5 Å². The molecule has 0 aliphatic heterocycles. The van der Waals surface area contributed by atoms with Gasteiger partial charge in [-0.3, -0.25) is 4.98 Å². The lowest BCUT2D eigenvalue weighted by Gasteiger charge is -2.07. The Morgan fingerprint density at radius 1 is 1.12 bits per heavy atom. The van der Waals surface area contributed by atoms with E-state index in [-0.39, 0.29) is 0 Å². The summed E-state index contributed by atoms with van der Waals surface area (Å²) in [5.74, 6) is 0. The van der Waals surface area contributed by atoms with E-state index in [0.717, 1.165) is 27.0 Å². The molecular formula is C12H14N4S. The van der Waals surface area contributed by atoms with Crippen LogP contribution in [0.4, 0.5) is 5.69 Å². The minimum absolute atomic E-state index is 0.650. The van der Waals surface area contributed by atoms with E-state index in [2.05, 4.69) is 15.0 Å². The molecule has 2 heterocycles. The van der Waals surface area contributed by atoms with Crippen LogP contribution in [0.3, 0.4) is 0 Å². The van der Waals surface area contributed by atoms with Gasteiger partial charge < -0.3 is 5.73 Å². The number of nitrogen functional groups attached to an aromatic ring is 1. The van der Waals surface area contributed by atoms with Crippen molar-refractivity contribution < 1.29 is 0 Å². The molecular weight excluding hydrogens is 232 g/mol. The smallest absolute Gasteiger partial charge is 0.192 e. The largest absolute Gasteiger partial charge is 0.397 e. The van der Waals surface area contributed by atoms with Crippen molar-refractivity contribution in [1.82, 2.24) is 15.0 Å². The SMILES string of the molecule is Cc1nc(Sc2ccncc2N)nc(C)c1C. The summed E-state index contributed by atoms with van der Waals surface area (Å²) in [5.41, 5.74) is 9.64. The number of hydrogen-bond donors (Lipinski definition) is 1. The molecule has 0 bridgehead atoms. The molecule has 0 amide bonds. The molecule has 5 heteroatoms. The van der Waals surface area contributed by atoms with E-state index in [9.17, 15) is 0 Å². The van der Waals surface area contributed by atoms with E-state index in [0.29, 0.717) is 5.69 Å². The summed E-state index contributed by atoms with van der Waals surface area (Å²) in [5, 5.41) is 0.725. The lowest BCUT2D eigenvalue weighted by Crippen LogP contribution is -1.98. The highest BCUT2D eigenvalue weighted by Crippen LogP contribution is 2.29. The van der Waals surface area contributed by atoms with Gasteiger partial charge in [-0.15, -0.1) is 0 Å². The first kappa shape index (κ1) is 11.9. The van der Waals surface area contributed by atoms with Crippen molar-refractivity contribution in [1.29, 1.82) is 0 Å². The Morgan fingerprint density at radius 3 is 2.35 bits per heavy atom. The monoisotopic (exact) mass is 246 g/mol. The minimum atomic E-state index is 0.650. The minimum Gasteiger partial charge on any atom is -0.397 e. The maximum atomic E-state index is 5.84. The Balaban J connectivity index is 2.34. The Bertz CT molecular complexity index is 531. The number of aromatic nitrogens is 3. The molecule has 0 saturated carbocycles. The van der Waals surface area contributed by atoms with Crippen LogP contribution >= 0.6 is 11.8 Å². The van der Waals surface area contributed by atoms with Crippen LogP contribution in [0.25, 0.3) is 0 Å². The van der Waals surface area contributed by atoms with Crippen LogP contribution in [-0.4, -0.2) is 15.0 Å². The number of nitrogens with zero attached hydrogens (tertiary/aromatic N) is 3. The summed E-state index contributed by atoms with van der Waals surface area (Å²) >= 11 is 1.46. The van der Waals surface area contributed by atoms with Gasteiger partial charge in [0.05, 0.1) is 11.9 Å². The quantitative estimate of drug-likeness (QED) is 0.825. The fraction of sp³-hybridized carbons (Fsp3) is 0.250. The molecule has 2 aromatic heterocycles. The zero-order valence-corrected chi connectivity index (χ0v) is 10.9. The van der Waals surface area contributed by atoms with Gasteiger partial charge in [-0.25, -0.2) is 9.97 Å². The van der Waals surface area contributed by atoms with Crippen molar-refractivity contribution in [2.24, 2.45) is 0 Å². The van der Waals surface area contributed by atoms with Gasteiger partial charge in [0.2, 0.25) is 0 Å². The van der Waals surface area contributed by atoms with Crippen molar-refractivity contribution >= 4 is 17.4 Å². The van der Waals surface area contributed by atoms with Crippen molar-refractivity contribution in [2.45, 2.75) is 30.8 Å². The number of aryl methyl sites for hydroxylation is 2. The summed E-state index contributed by atoms with van der Waals surface area (Å²) in [7, 11) is 0. The molecule has 0 saturated heterocycles. The van der Waals surface area contributed by atoms with Crippen molar-refractivity contribution in [3.05, 3.63) is 35.4 Å². The second kappa shape index (κ2) is 4.71. The number of rotatable bonds is 2. The third-order valence-electron chi connectivity index (χ3n) is 2.62. The van der Waals surface area contributed by atoms with Gasteiger partial charge in [-0.05, 0) is 44.2 Å². The zero-order valence-electron chi connectivity index (χ0n) is 10.1. The fourth-order valence-electron chi connectivity index (χ4n) is 1.37. The van der Waals surface area contributed by atoms with Gasteiger partial charge >= 0.3 is 0 Å². The highest BCUT2D eigenvalue weighted by Gasteiger charge is 2.07. The first-order chi connectivity index (χ1) is 8.08. The molecule has 2 N–H and O–H groups in total. The molecule has 0 unspecified atom stereocenters. The molecule has 0 aliphatic carbocycles. The molecule has 0 aromatic carbocycles. The standard InChI is InChI=1S/C12H14N4S/c1-7-8(2)15-12(16-9(7)3)17-11-4-5-14-6-10(11)13/h4-6H,13H2,1-3H3. The van der Waals surface area contributed by atoms with E-state index in [4.69, 9.17) is 5.73 Å². The van der Waals surface area contributed by atoms with E-state index in [1.54, 1.807) is 12.4 Å². The van der Waals surface area contributed by atoms with Crippen LogP contribution in [0.1, 0.15) is 17.0 Å². The molecule has 0 radical (unpaired) electrons. The normalized spacial score (nSPS) is 10.5. The van der Waals surface area contributed by atoms with E-state index < -0.39 is 0 Å². The summed E-state index contributed by atoms with van der Waals surface area (Å²) in [6, 6.07) is 1.87. The zero-order chi connectivity index (χ0) is 12.4. The topological polar surface area (TPSA) is 64.7 Å². The third kappa shape index (κ3) is 2.55. The first-order valence-corrected chi connectivity index (χ1v) is 6.08. The molecule has 2 aromatic rings. The molecule has 0 spiro atoms. The van der Waals surface area contributed by atoms with Crippen LogP contribution in [0.5, 0.6) is 0 Å². The summed E-state index contributed by atoms with van der Waals surface area (Å²) in [4.78, 5) is 13.8. The lowest BCUT2D eigenvalue weighted by atomic mass is 10.2. The summed E-state index contributed by atoms with van der Waals surface area (Å²) in [6.07, 6.45) is 3.35. The Morgan fingerprint density at radius 2 is 1.76 bits per heavy atom. The van der Waals surface area contributed by atoms with Crippen molar-refractivity contribution in [2.75, 3.05) is 5.73 Å². The summed E-state index contributed by atoms with van der Waals surface area (Å²) < 4.78 is 0. The molecule has 0 atom stereocenters. The number of anilines is 1. The third-order valence-corrected chi connectivity index (χ3v) is 3.58. The van der Waals surface area contributed by atoms with Crippen LogP contribution < -0.4 is 5.73 Å². The first-order valence-electron chi connectivity index (χ1n) is 5.27. The predicted molar refractivity (Wildman–Crippen MR) is 69.0 cm³/mol. The van der Waals surface area contributed by atoms with Crippen molar-refractivity contribution in [3.8, 4) is 0 Å². The lowest BCUT2D eigenvalue weighted by molar-refractivity contribution is 0.881. The van der Waals surface area contributed by atoms with Gasteiger partial charge in [-0.2, -0.15) is 0 Å². The Labute approximate surface area is 105 Å². The molecule has 88 valence electrons. The molecule has 4 nitrogen and oxygen atoms in total. The average Bonchev–Trinajstić information content (AvgIpc) is 2.29.